The van der Waals surface area contributed by atoms with Crippen molar-refractivity contribution in [3.8, 4) is 5.69 Å². The Kier molecular flexibility index (Phi) is 5.21. The second-order valence-corrected chi connectivity index (χ2v) is 6.67. The zero-order chi connectivity index (χ0) is 18.5. The second-order valence-electron chi connectivity index (χ2n) is 5.83. The standard InChI is InChI=1S/C16H18N8O2S/c25-15(19-12-2-1-3-14(8-12)24-11-18-21-22-24)17-9-13-10-27-16(20-13)23-4-6-26-7-5-23/h1-3,8,10-11H,4-7,9H2,(H2,17,19,25). The van der Waals surface area contributed by atoms with Crippen LogP contribution in [-0.2, 0) is 11.3 Å². The van der Waals surface area contributed by atoms with Crippen LogP contribution in [0.5, 0.6) is 0 Å². The molecule has 2 amide bonds. The van der Waals surface area contributed by atoms with Crippen LogP contribution in [0.15, 0.2) is 36.0 Å². The Balaban J connectivity index is 1.31. The van der Waals surface area contributed by atoms with Gasteiger partial charge in [-0.15, -0.1) is 16.4 Å². The molecule has 2 N–H and O–H groups in total. The lowest BCUT2D eigenvalue weighted by molar-refractivity contribution is 0.122. The van der Waals surface area contributed by atoms with Gasteiger partial charge in [0.05, 0.1) is 31.1 Å². The zero-order valence-electron chi connectivity index (χ0n) is 14.4. The number of hydrogen-bond donors (Lipinski definition) is 2. The first-order valence-electron chi connectivity index (χ1n) is 8.43. The van der Waals surface area contributed by atoms with E-state index in [1.54, 1.807) is 23.5 Å². The molecule has 1 aliphatic heterocycles. The van der Waals surface area contributed by atoms with Crippen LogP contribution in [0.1, 0.15) is 5.69 Å². The van der Waals surface area contributed by atoms with E-state index in [2.05, 4.69) is 36.0 Å². The lowest BCUT2D eigenvalue weighted by Gasteiger charge is -2.26. The third-order valence-corrected chi connectivity index (χ3v) is 4.92. The number of carbonyl (C=O) groups excluding carboxylic acids is 1. The Bertz CT molecular complexity index is 891. The molecule has 4 rings (SSSR count). The minimum Gasteiger partial charge on any atom is -0.378 e. The molecule has 0 spiro atoms. The number of hydrogen-bond acceptors (Lipinski definition) is 8. The number of morpholine rings is 1. The second kappa shape index (κ2) is 8.10. The zero-order valence-corrected chi connectivity index (χ0v) is 15.2. The van der Waals surface area contributed by atoms with Crippen molar-refractivity contribution in [3.63, 3.8) is 0 Å². The van der Waals surface area contributed by atoms with Gasteiger partial charge < -0.3 is 20.3 Å². The highest BCUT2D eigenvalue weighted by atomic mass is 32.1. The molecule has 10 nitrogen and oxygen atoms in total. The minimum atomic E-state index is -0.301. The summed E-state index contributed by atoms with van der Waals surface area (Å²) in [6.45, 7) is 3.49. The first-order chi connectivity index (χ1) is 13.3. The van der Waals surface area contributed by atoms with Crippen molar-refractivity contribution >= 4 is 28.2 Å². The Morgan fingerprint density at radius 1 is 1.30 bits per heavy atom. The molecule has 3 heterocycles. The molecule has 140 valence electrons. The molecule has 0 bridgehead atoms. The predicted molar refractivity (Wildman–Crippen MR) is 100 cm³/mol. The minimum absolute atomic E-state index is 0.301. The smallest absolute Gasteiger partial charge is 0.319 e. The summed E-state index contributed by atoms with van der Waals surface area (Å²) < 4.78 is 6.87. The highest BCUT2D eigenvalue weighted by Gasteiger charge is 2.15. The molecule has 2 aromatic heterocycles. The quantitative estimate of drug-likeness (QED) is 0.679. The fraction of sp³-hybridized carbons (Fsp3) is 0.312. The van der Waals surface area contributed by atoms with E-state index in [-0.39, 0.29) is 6.03 Å². The molecule has 0 saturated carbocycles. The summed E-state index contributed by atoms with van der Waals surface area (Å²) in [5.74, 6) is 0. The van der Waals surface area contributed by atoms with Crippen molar-refractivity contribution in [2.24, 2.45) is 0 Å². The van der Waals surface area contributed by atoms with E-state index in [1.165, 1.54) is 11.0 Å². The third-order valence-electron chi connectivity index (χ3n) is 3.97. The van der Waals surface area contributed by atoms with Crippen molar-refractivity contribution in [1.29, 1.82) is 0 Å². The topological polar surface area (TPSA) is 110 Å². The molecular formula is C16H18N8O2S. The van der Waals surface area contributed by atoms with E-state index in [9.17, 15) is 4.79 Å². The molecule has 1 saturated heterocycles. The number of carbonyl (C=O) groups is 1. The van der Waals surface area contributed by atoms with Gasteiger partial charge in [-0.05, 0) is 28.6 Å². The maximum atomic E-state index is 12.2. The highest BCUT2D eigenvalue weighted by molar-refractivity contribution is 7.13. The lowest BCUT2D eigenvalue weighted by Crippen LogP contribution is -2.36. The van der Waals surface area contributed by atoms with Gasteiger partial charge in [0, 0.05) is 24.2 Å². The molecule has 0 atom stereocenters. The van der Waals surface area contributed by atoms with Gasteiger partial charge in [0.1, 0.15) is 6.33 Å². The van der Waals surface area contributed by atoms with E-state index < -0.39 is 0 Å². The van der Waals surface area contributed by atoms with Crippen molar-refractivity contribution in [1.82, 2.24) is 30.5 Å². The highest BCUT2D eigenvalue weighted by Crippen LogP contribution is 2.21. The molecule has 1 aromatic carbocycles. The Hall–Kier alpha value is -3.05. The van der Waals surface area contributed by atoms with Gasteiger partial charge in [-0.3, -0.25) is 0 Å². The molecule has 27 heavy (non-hydrogen) atoms. The summed E-state index contributed by atoms with van der Waals surface area (Å²) in [5.41, 5.74) is 2.24. The van der Waals surface area contributed by atoms with E-state index in [1.807, 2.05) is 17.5 Å². The summed E-state index contributed by atoms with van der Waals surface area (Å²) >= 11 is 1.58. The summed E-state index contributed by atoms with van der Waals surface area (Å²) in [7, 11) is 0. The largest absolute Gasteiger partial charge is 0.378 e. The van der Waals surface area contributed by atoms with Gasteiger partial charge in [0.2, 0.25) is 0 Å². The third kappa shape index (κ3) is 4.38. The molecule has 1 fully saturated rings. The van der Waals surface area contributed by atoms with Crippen LogP contribution in [-0.4, -0.2) is 57.5 Å². The Morgan fingerprint density at radius 2 is 2.19 bits per heavy atom. The fourth-order valence-electron chi connectivity index (χ4n) is 2.63. The molecular weight excluding hydrogens is 368 g/mol. The van der Waals surface area contributed by atoms with E-state index in [0.29, 0.717) is 12.2 Å². The molecule has 11 heteroatoms. The lowest BCUT2D eigenvalue weighted by atomic mass is 10.3. The van der Waals surface area contributed by atoms with Gasteiger partial charge in [-0.2, -0.15) is 0 Å². The van der Waals surface area contributed by atoms with Crippen LogP contribution in [0.3, 0.4) is 0 Å². The number of benzene rings is 1. The summed E-state index contributed by atoms with van der Waals surface area (Å²) in [6.07, 6.45) is 1.49. The summed E-state index contributed by atoms with van der Waals surface area (Å²) in [5, 5.41) is 19.6. The molecule has 0 radical (unpaired) electrons. The van der Waals surface area contributed by atoms with Crippen LogP contribution >= 0.6 is 11.3 Å². The maximum absolute atomic E-state index is 12.2. The number of nitrogens with zero attached hydrogens (tertiary/aromatic N) is 6. The molecule has 0 aliphatic carbocycles. The molecule has 1 aliphatic rings. The van der Waals surface area contributed by atoms with E-state index in [0.717, 1.165) is 42.8 Å². The van der Waals surface area contributed by atoms with Crippen LogP contribution in [0, 0.1) is 0 Å². The Labute approximate surface area is 159 Å². The average molecular weight is 386 g/mol. The average Bonchev–Trinajstić information content (AvgIpc) is 3.40. The first kappa shape index (κ1) is 17.4. The Morgan fingerprint density at radius 3 is 3.00 bits per heavy atom. The predicted octanol–water partition coefficient (Wildman–Crippen LogP) is 1.28. The number of amides is 2. The SMILES string of the molecule is O=C(NCc1csc(N2CCOCC2)n1)Nc1cccc(-n2cnnn2)c1. The number of nitrogens with one attached hydrogen (secondary N) is 2. The number of anilines is 2. The van der Waals surface area contributed by atoms with Gasteiger partial charge in [0.25, 0.3) is 0 Å². The normalized spacial score (nSPS) is 14.1. The van der Waals surface area contributed by atoms with Crippen LogP contribution in [0.25, 0.3) is 5.69 Å². The van der Waals surface area contributed by atoms with Gasteiger partial charge in [-0.1, -0.05) is 6.07 Å². The number of ether oxygens (including phenoxy) is 1. The number of thiazole rings is 1. The van der Waals surface area contributed by atoms with Gasteiger partial charge in [0.15, 0.2) is 5.13 Å². The van der Waals surface area contributed by atoms with Crippen LogP contribution < -0.4 is 15.5 Å². The van der Waals surface area contributed by atoms with Crippen LogP contribution in [0.2, 0.25) is 0 Å². The summed E-state index contributed by atoms with van der Waals surface area (Å²) in [4.78, 5) is 18.9. The number of aromatic nitrogens is 5. The van der Waals surface area contributed by atoms with Gasteiger partial charge >= 0.3 is 6.03 Å². The van der Waals surface area contributed by atoms with Crippen molar-refractivity contribution in [2.45, 2.75) is 6.54 Å². The van der Waals surface area contributed by atoms with E-state index in [4.69, 9.17) is 4.74 Å². The van der Waals surface area contributed by atoms with Gasteiger partial charge in [-0.25, -0.2) is 14.5 Å². The summed E-state index contributed by atoms with van der Waals surface area (Å²) in [6, 6.07) is 6.95. The van der Waals surface area contributed by atoms with Crippen molar-refractivity contribution < 1.29 is 9.53 Å². The monoisotopic (exact) mass is 386 g/mol. The number of rotatable bonds is 5. The maximum Gasteiger partial charge on any atom is 0.319 e. The van der Waals surface area contributed by atoms with E-state index >= 15 is 0 Å². The first-order valence-corrected chi connectivity index (χ1v) is 9.31. The fourth-order valence-corrected chi connectivity index (χ4v) is 3.51. The van der Waals surface area contributed by atoms with Crippen LogP contribution in [0.4, 0.5) is 15.6 Å². The molecule has 0 unspecified atom stereocenters. The van der Waals surface area contributed by atoms with Crippen molar-refractivity contribution in [2.75, 3.05) is 36.5 Å². The van der Waals surface area contributed by atoms with Crippen molar-refractivity contribution in [3.05, 3.63) is 41.7 Å². The number of urea groups is 1. The molecule has 3 aromatic rings. The number of tetrazole rings is 1.